The van der Waals surface area contributed by atoms with Gasteiger partial charge >= 0.3 is 0 Å². The summed E-state index contributed by atoms with van der Waals surface area (Å²) in [4.78, 5) is 0. The zero-order chi connectivity index (χ0) is 8.97. The fourth-order valence-corrected chi connectivity index (χ4v) is 2.00. The lowest BCUT2D eigenvalue weighted by Crippen LogP contribution is -2.20. The second kappa shape index (κ2) is 4.68. The predicted molar refractivity (Wildman–Crippen MR) is 58.7 cm³/mol. The molecule has 0 fully saturated rings. The highest BCUT2D eigenvalue weighted by atomic mass is 35.5. The molecule has 0 bridgehead atoms. The molecule has 0 saturated heterocycles. The van der Waals surface area contributed by atoms with Gasteiger partial charge in [0.25, 0.3) is 0 Å². The van der Waals surface area contributed by atoms with E-state index in [0.29, 0.717) is 5.00 Å². The quantitative estimate of drug-likeness (QED) is 0.518. The number of halogens is 1. The lowest BCUT2D eigenvalue weighted by Gasteiger charge is -2.11. The van der Waals surface area contributed by atoms with Gasteiger partial charge in [-0.15, -0.1) is 11.6 Å². The lowest BCUT2D eigenvalue weighted by molar-refractivity contribution is 1.06. The highest BCUT2D eigenvalue weighted by molar-refractivity contribution is 6.67. The van der Waals surface area contributed by atoms with E-state index in [9.17, 15) is 0 Å². The molecule has 66 valence electrons. The molecule has 12 heavy (non-hydrogen) atoms. The molecule has 1 aromatic rings. The van der Waals surface area contributed by atoms with Gasteiger partial charge in [0, 0.05) is 5.00 Å². The van der Waals surface area contributed by atoms with Gasteiger partial charge in [0.15, 0.2) is 0 Å². The van der Waals surface area contributed by atoms with Crippen LogP contribution in [0, 0.1) is 0 Å². The molecular formula is C10H15ClSi. The summed E-state index contributed by atoms with van der Waals surface area (Å²) in [6.45, 7) is 4.58. The molecule has 1 aromatic carbocycles. The molecule has 0 amide bonds. The van der Waals surface area contributed by atoms with Crippen LogP contribution in [0.1, 0.15) is 5.56 Å². The molecule has 0 heterocycles. The van der Waals surface area contributed by atoms with E-state index in [2.05, 4.69) is 37.4 Å². The van der Waals surface area contributed by atoms with Gasteiger partial charge in [0.1, 0.15) is 0 Å². The average molecular weight is 199 g/mol. The van der Waals surface area contributed by atoms with Crippen molar-refractivity contribution in [2.24, 2.45) is 0 Å². The van der Waals surface area contributed by atoms with Gasteiger partial charge in [0.2, 0.25) is 0 Å². The second-order valence-corrected chi connectivity index (χ2v) is 7.73. The minimum Gasteiger partial charge on any atom is -0.127 e. The minimum atomic E-state index is -0.669. The Hall–Kier alpha value is -0.273. The van der Waals surface area contributed by atoms with Crippen molar-refractivity contribution in [2.45, 2.75) is 24.5 Å². The maximum Gasteiger partial charge on any atom is 0.0523 e. The summed E-state index contributed by atoms with van der Waals surface area (Å²) in [5.41, 5.74) is 1.36. The van der Waals surface area contributed by atoms with E-state index in [4.69, 9.17) is 11.6 Å². The van der Waals surface area contributed by atoms with Crippen molar-refractivity contribution in [3.8, 4) is 0 Å². The number of hydrogen-bond acceptors (Lipinski definition) is 0. The smallest absolute Gasteiger partial charge is 0.0523 e. The van der Waals surface area contributed by atoms with E-state index in [1.807, 2.05) is 6.07 Å². The van der Waals surface area contributed by atoms with Gasteiger partial charge in [-0.2, -0.15) is 0 Å². The van der Waals surface area contributed by atoms with Crippen LogP contribution in [0.2, 0.25) is 13.1 Å². The first kappa shape index (κ1) is 9.81. The molecule has 1 rings (SSSR count). The Morgan fingerprint density at radius 2 is 1.83 bits per heavy atom. The molecule has 0 aromatic heterocycles. The molecule has 0 nitrogen and oxygen atoms in total. The fraction of sp³-hybridized carbons (Fsp3) is 0.400. The Morgan fingerprint density at radius 1 is 1.25 bits per heavy atom. The van der Waals surface area contributed by atoms with Crippen molar-refractivity contribution < 1.29 is 0 Å². The lowest BCUT2D eigenvalue weighted by atomic mass is 10.2. The maximum atomic E-state index is 6.21. The highest BCUT2D eigenvalue weighted by Gasteiger charge is 2.10. The van der Waals surface area contributed by atoms with Crippen LogP contribution in [0.5, 0.6) is 0 Å². The third kappa shape index (κ3) is 3.00. The Balaban J connectivity index is 2.53. The van der Waals surface area contributed by atoms with E-state index in [-0.39, 0.29) is 0 Å². The molecular weight excluding hydrogens is 184 g/mol. The summed E-state index contributed by atoms with van der Waals surface area (Å²) < 4.78 is 0. The molecule has 1 unspecified atom stereocenters. The van der Waals surface area contributed by atoms with Crippen LogP contribution in [0.25, 0.3) is 0 Å². The number of rotatable bonds is 3. The summed E-state index contributed by atoms with van der Waals surface area (Å²) in [7, 11) is -0.669. The van der Waals surface area contributed by atoms with Crippen LogP contribution in [0.4, 0.5) is 0 Å². The first-order valence-electron chi connectivity index (χ1n) is 4.38. The van der Waals surface area contributed by atoms with Gasteiger partial charge in [-0.05, 0) is 12.0 Å². The standard InChI is InChI=1S/C10H15ClSi/c1-12(2)10(11)8-9-6-4-3-5-7-9/h3-7,10,12H,8H2,1-2H3. The highest BCUT2D eigenvalue weighted by Crippen LogP contribution is 2.10. The van der Waals surface area contributed by atoms with Gasteiger partial charge in [-0.3, -0.25) is 0 Å². The van der Waals surface area contributed by atoms with Crippen molar-refractivity contribution in [3.63, 3.8) is 0 Å². The minimum absolute atomic E-state index is 0.396. The van der Waals surface area contributed by atoms with E-state index in [0.717, 1.165) is 6.42 Å². The van der Waals surface area contributed by atoms with Crippen LogP contribution < -0.4 is 0 Å². The molecule has 1 atom stereocenters. The molecule has 0 saturated carbocycles. The van der Waals surface area contributed by atoms with E-state index < -0.39 is 8.80 Å². The predicted octanol–water partition coefficient (Wildman–Crippen LogP) is 2.86. The first-order chi connectivity index (χ1) is 5.70. The molecule has 0 radical (unpaired) electrons. The van der Waals surface area contributed by atoms with Gasteiger partial charge in [-0.25, -0.2) is 0 Å². The average Bonchev–Trinajstić information content (AvgIpc) is 2.06. The number of benzene rings is 1. The van der Waals surface area contributed by atoms with Crippen molar-refractivity contribution in [1.82, 2.24) is 0 Å². The van der Waals surface area contributed by atoms with Gasteiger partial charge in [0.05, 0.1) is 8.80 Å². The second-order valence-electron chi connectivity index (χ2n) is 3.45. The summed E-state index contributed by atoms with van der Waals surface area (Å²) >= 11 is 6.21. The van der Waals surface area contributed by atoms with E-state index in [1.165, 1.54) is 5.56 Å². The van der Waals surface area contributed by atoms with Crippen LogP contribution in [0.15, 0.2) is 30.3 Å². The largest absolute Gasteiger partial charge is 0.127 e. The summed E-state index contributed by atoms with van der Waals surface area (Å²) in [6.07, 6.45) is 1.03. The third-order valence-corrected chi connectivity index (χ3v) is 5.35. The Labute approximate surface area is 81.2 Å². The van der Waals surface area contributed by atoms with Crippen LogP contribution in [-0.2, 0) is 6.42 Å². The Morgan fingerprint density at radius 3 is 2.33 bits per heavy atom. The molecule has 0 aliphatic rings. The topological polar surface area (TPSA) is 0 Å². The maximum absolute atomic E-state index is 6.21. The first-order valence-corrected chi connectivity index (χ1v) is 7.79. The zero-order valence-corrected chi connectivity index (χ0v) is 9.54. The fourth-order valence-electron chi connectivity index (χ4n) is 1.07. The normalized spacial score (nSPS) is 13.3. The molecule has 0 N–H and O–H groups in total. The van der Waals surface area contributed by atoms with Gasteiger partial charge < -0.3 is 0 Å². The molecule has 0 aliphatic carbocycles. The zero-order valence-electron chi connectivity index (χ0n) is 7.63. The summed E-state index contributed by atoms with van der Waals surface area (Å²) in [5, 5.41) is 0.396. The van der Waals surface area contributed by atoms with Crippen LogP contribution in [0.3, 0.4) is 0 Å². The molecule has 2 heteroatoms. The number of alkyl halides is 1. The van der Waals surface area contributed by atoms with Crippen LogP contribution >= 0.6 is 11.6 Å². The Bertz CT molecular complexity index is 221. The summed E-state index contributed by atoms with van der Waals surface area (Å²) in [5.74, 6) is 0. The summed E-state index contributed by atoms with van der Waals surface area (Å²) in [6, 6.07) is 10.5. The molecule has 0 aliphatic heterocycles. The van der Waals surface area contributed by atoms with Crippen LogP contribution in [-0.4, -0.2) is 13.8 Å². The Kier molecular flexibility index (Phi) is 3.83. The third-order valence-electron chi connectivity index (χ3n) is 2.00. The number of hydrogen-bond donors (Lipinski definition) is 0. The van der Waals surface area contributed by atoms with E-state index in [1.54, 1.807) is 0 Å². The molecule has 0 spiro atoms. The van der Waals surface area contributed by atoms with Crippen molar-refractivity contribution in [2.75, 3.05) is 0 Å². The van der Waals surface area contributed by atoms with E-state index >= 15 is 0 Å². The van der Waals surface area contributed by atoms with Crippen molar-refractivity contribution in [1.29, 1.82) is 0 Å². The van der Waals surface area contributed by atoms with Crippen molar-refractivity contribution >= 4 is 20.4 Å². The van der Waals surface area contributed by atoms with Gasteiger partial charge in [-0.1, -0.05) is 43.4 Å². The van der Waals surface area contributed by atoms with Crippen molar-refractivity contribution in [3.05, 3.63) is 35.9 Å². The SMILES string of the molecule is C[SiH](C)C(Cl)Cc1ccccc1. The monoisotopic (exact) mass is 198 g/mol.